The molecule has 2 rings (SSSR count). The van der Waals surface area contributed by atoms with Crippen LogP contribution in [0.1, 0.15) is 62.5 Å². The molecule has 1 aliphatic carbocycles. The Kier molecular flexibility index (Phi) is 5.61. The van der Waals surface area contributed by atoms with Gasteiger partial charge in [0.1, 0.15) is 0 Å². The van der Waals surface area contributed by atoms with Gasteiger partial charge in [0.2, 0.25) is 0 Å². The molecular weight excluding hydrogens is 250 g/mol. The topological polar surface area (TPSA) is 39.1 Å². The molecule has 0 bridgehead atoms. The lowest BCUT2D eigenvalue weighted by molar-refractivity contribution is 0.0502. The molecule has 0 spiro atoms. The Hall–Kier alpha value is -0.870. The zero-order valence-corrected chi connectivity index (χ0v) is 13.4. The van der Waals surface area contributed by atoms with E-state index >= 15 is 0 Å². The van der Waals surface area contributed by atoms with Gasteiger partial charge in [-0.2, -0.15) is 5.10 Å². The molecule has 20 heavy (non-hydrogen) atoms. The normalized spacial score (nSPS) is 23.2. The predicted octanol–water partition coefficient (Wildman–Crippen LogP) is 2.86. The van der Waals surface area contributed by atoms with Gasteiger partial charge >= 0.3 is 0 Å². The zero-order valence-electron chi connectivity index (χ0n) is 13.4. The molecule has 1 N–H and O–H groups in total. The first-order chi connectivity index (χ1) is 9.74. The fraction of sp³-hybridized carbons (Fsp3) is 0.812. The van der Waals surface area contributed by atoms with Crippen LogP contribution in [0.15, 0.2) is 0 Å². The number of aryl methyl sites for hydroxylation is 1. The molecule has 1 aliphatic rings. The maximum Gasteiger partial charge on any atom is 0.0669 e. The van der Waals surface area contributed by atoms with Crippen molar-refractivity contribution in [2.24, 2.45) is 0 Å². The van der Waals surface area contributed by atoms with Crippen LogP contribution in [0, 0.1) is 0 Å². The van der Waals surface area contributed by atoms with Crippen LogP contribution >= 0.6 is 0 Å². The number of hydrogen-bond donors (Lipinski definition) is 1. The van der Waals surface area contributed by atoms with Gasteiger partial charge in [-0.25, -0.2) is 0 Å². The lowest BCUT2D eigenvalue weighted by atomic mass is 9.92. The van der Waals surface area contributed by atoms with E-state index in [2.05, 4.69) is 23.8 Å². The molecule has 0 amide bonds. The van der Waals surface area contributed by atoms with Crippen LogP contribution in [0.2, 0.25) is 0 Å². The highest BCUT2D eigenvalue weighted by molar-refractivity contribution is 5.27. The summed E-state index contributed by atoms with van der Waals surface area (Å²) in [6.45, 7) is 5.36. The summed E-state index contributed by atoms with van der Waals surface area (Å²) in [5.41, 5.74) is 4.09. The molecule has 1 aromatic heterocycles. The predicted molar refractivity (Wildman–Crippen MR) is 82.0 cm³/mol. The summed E-state index contributed by atoms with van der Waals surface area (Å²) in [6, 6.07) is 0.513. The van der Waals surface area contributed by atoms with E-state index in [1.54, 1.807) is 0 Å². The maximum absolute atomic E-state index is 5.57. The summed E-state index contributed by atoms with van der Waals surface area (Å²) in [4.78, 5) is 0. The molecule has 0 aromatic carbocycles. The van der Waals surface area contributed by atoms with Crippen molar-refractivity contribution in [3.8, 4) is 0 Å². The van der Waals surface area contributed by atoms with Crippen LogP contribution in [-0.2, 0) is 24.1 Å². The average molecular weight is 279 g/mol. The van der Waals surface area contributed by atoms with Crippen molar-refractivity contribution >= 4 is 0 Å². The molecule has 0 aliphatic heterocycles. The SMILES string of the molecule is CCc1nn(C2CCCC(OC)C2)c(CC)c1CNC. The molecular formula is C16H29N3O. The van der Waals surface area contributed by atoms with Gasteiger partial charge < -0.3 is 10.1 Å². The van der Waals surface area contributed by atoms with E-state index in [0.29, 0.717) is 12.1 Å². The quantitative estimate of drug-likeness (QED) is 0.870. The van der Waals surface area contributed by atoms with Crippen LogP contribution < -0.4 is 5.32 Å². The van der Waals surface area contributed by atoms with Gasteiger partial charge in [0.15, 0.2) is 0 Å². The second kappa shape index (κ2) is 7.23. The fourth-order valence-electron chi connectivity index (χ4n) is 3.45. The molecule has 114 valence electrons. The summed E-state index contributed by atoms with van der Waals surface area (Å²) in [7, 11) is 3.85. The molecule has 1 saturated carbocycles. The minimum absolute atomic E-state index is 0.403. The number of aromatic nitrogens is 2. The third kappa shape index (κ3) is 3.07. The van der Waals surface area contributed by atoms with E-state index in [4.69, 9.17) is 9.84 Å². The Morgan fingerprint density at radius 3 is 2.70 bits per heavy atom. The molecule has 1 heterocycles. The number of methoxy groups -OCH3 is 1. The van der Waals surface area contributed by atoms with Crippen molar-refractivity contribution < 1.29 is 4.74 Å². The minimum atomic E-state index is 0.403. The number of nitrogens with zero attached hydrogens (tertiary/aromatic N) is 2. The van der Waals surface area contributed by atoms with Gasteiger partial charge in [-0.05, 0) is 45.6 Å². The lowest BCUT2D eigenvalue weighted by Gasteiger charge is -2.29. The van der Waals surface area contributed by atoms with Crippen molar-refractivity contribution in [3.63, 3.8) is 0 Å². The summed E-state index contributed by atoms with van der Waals surface area (Å²) in [6.07, 6.45) is 7.24. The van der Waals surface area contributed by atoms with Crippen LogP contribution in [0.5, 0.6) is 0 Å². The van der Waals surface area contributed by atoms with E-state index < -0.39 is 0 Å². The van der Waals surface area contributed by atoms with Crippen molar-refractivity contribution in [2.45, 2.75) is 71.1 Å². The molecule has 4 heteroatoms. The van der Waals surface area contributed by atoms with Gasteiger partial charge in [0.25, 0.3) is 0 Å². The van der Waals surface area contributed by atoms with Crippen molar-refractivity contribution in [3.05, 3.63) is 17.0 Å². The lowest BCUT2D eigenvalue weighted by Crippen LogP contribution is -2.26. The second-order valence-electron chi connectivity index (χ2n) is 5.73. The number of nitrogens with one attached hydrogen (secondary N) is 1. The summed E-state index contributed by atoms with van der Waals surface area (Å²) < 4.78 is 7.89. The van der Waals surface area contributed by atoms with Gasteiger partial charge in [-0.1, -0.05) is 13.8 Å². The molecule has 1 aromatic rings. The summed E-state index contributed by atoms with van der Waals surface area (Å²) in [5.74, 6) is 0. The Morgan fingerprint density at radius 1 is 1.30 bits per heavy atom. The van der Waals surface area contributed by atoms with Crippen LogP contribution in [0.25, 0.3) is 0 Å². The fourth-order valence-corrected chi connectivity index (χ4v) is 3.45. The highest BCUT2D eigenvalue weighted by Crippen LogP contribution is 2.32. The zero-order chi connectivity index (χ0) is 14.5. The highest BCUT2D eigenvalue weighted by atomic mass is 16.5. The molecule has 2 atom stereocenters. The third-order valence-corrected chi connectivity index (χ3v) is 4.50. The van der Waals surface area contributed by atoms with Gasteiger partial charge in [-0.15, -0.1) is 0 Å². The van der Waals surface area contributed by atoms with Crippen molar-refractivity contribution in [1.82, 2.24) is 15.1 Å². The Labute approximate surface area is 122 Å². The van der Waals surface area contributed by atoms with Crippen molar-refractivity contribution in [1.29, 1.82) is 0 Å². The third-order valence-electron chi connectivity index (χ3n) is 4.50. The van der Waals surface area contributed by atoms with E-state index in [0.717, 1.165) is 25.8 Å². The molecule has 2 unspecified atom stereocenters. The smallest absolute Gasteiger partial charge is 0.0669 e. The largest absolute Gasteiger partial charge is 0.381 e. The monoisotopic (exact) mass is 279 g/mol. The summed E-state index contributed by atoms with van der Waals surface area (Å²) >= 11 is 0. The second-order valence-corrected chi connectivity index (χ2v) is 5.73. The molecule has 0 radical (unpaired) electrons. The van der Waals surface area contributed by atoms with E-state index in [9.17, 15) is 0 Å². The van der Waals surface area contributed by atoms with Crippen LogP contribution in [0.4, 0.5) is 0 Å². The Morgan fingerprint density at radius 2 is 2.10 bits per heavy atom. The van der Waals surface area contributed by atoms with Crippen LogP contribution in [0.3, 0.4) is 0 Å². The number of hydrogen-bond acceptors (Lipinski definition) is 3. The van der Waals surface area contributed by atoms with E-state index in [1.807, 2.05) is 14.2 Å². The van der Waals surface area contributed by atoms with Crippen LogP contribution in [-0.4, -0.2) is 30.0 Å². The first-order valence-corrected chi connectivity index (χ1v) is 8.01. The van der Waals surface area contributed by atoms with Crippen molar-refractivity contribution in [2.75, 3.05) is 14.2 Å². The van der Waals surface area contributed by atoms with Gasteiger partial charge in [0, 0.05) is 24.9 Å². The Bertz CT molecular complexity index is 428. The Balaban J connectivity index is 2.30. The number of rotatable bonds is 6. The minimum Gasteiger partial charge on any atom is -0.381 e. The highest BCUT2D eigenvalue weighted by Gasteiger charge is 2.27. The first-order valence-electron chi connectivity index (χ1n) is 8.01. The number of ether oxygens (including phenoxy) is 1. The van der Waals surface area contributed by atoms with Gasteiger partial charge in [-0.3, -0.25) is 4.68 Å². The summed E-state index contributed by atoms with van der Waals surface area (Å²) in [5, 5.41) is 8.22. The molecule has 4 nitrogen and oxygen atoms in total. The van der Waals surface area contributed by atoms with E-state index in [-0.39, 0.29) is 0 Å². The average Bonchev–Trinajstić information content (AvgIpc) is 2.85. The van der Waals surface area contributed by atoms with Gasteiger partial charge in [0.05, 0.1) is 17.8 Å². The maximum atomic E-state index is 5.57. The molecule has 0 saturated heterocycles. The van der Waals surface area contributed by atoms with E-state index in [1.165, 1.54) is 36.2 Å². The molecule has 1 fully saturated rings. The first kappa shape index (κ1) is 15.5. The standard InChI is InChI=1S/C16H29N3O/c1-5-15-14(11-17-3)16(6-2)19(18-15)12-8-7-9-13(10-12)20-4/h12-13,17H,5-11H2,1-4H3.